The highest BCUT2D eigenvalue weighted by molar-refractivity contribution is 5.75. The van der Waals surface area contributed by atoms with Crippen LogP contribution in [-0.4, -0.2) is 31.0 Å². The van der Waals surface area contributed by atoms with Crippen LogP contribution in [0.25, 0.3) is 22.4 Å². The number of aromatic nitrogens is 4. The molecule has 0 aliphatic carbocycles. The van der Waals surface area contributed by atoms with Gasteiger partial charge in [0.05, 0.1) is 23.3 Å². The first kappa shape index (κ1) is 18.8. The summed E-state index contributed by atoms with van der Waals surface area (Å²) in [4.78, 5) is 16.8. The molecule has 6 nitrogen and oxygen atoms in total. The van der Waals surface area contributed by atoms with Crippen molar-refractivity contribution in [2.75, 3.05) is 12.3 Å². The Hall–Kier alpha value is -3.25. The van der Waals surface area contributed by atoms with E-state index in [9.17, 15) is 0 Å². The summed E-state index contributed by atoms with van der Waals surface area (Å²) in [6.45, 7) is 5.88. The summed E-state index contributed by atoms with van der Waals surface area (Å²) in [6.07, 6.45) is 4.00. The Labute approximate surface area is 176 Å². The second kappa shape index (κ2) is 7.88. The van der Waals surface area contributed by atoms with Gasteiger partial charge in [-0.25, -0.2) is 15.0 Å². The molecule has 2 aromatic heterocycles. The van der Waals surface area contributed by atoms with Crippen molar-refractivity contribution >= 4 is 16.7 Å². The monoisotopic (exact) mass is 398 g/mol. The molecule has 0 saturated heterocycles. The van der Waals surface area contributed by atoms with E-state index in [1.54, 1.807) is 0 Å². The SMILES string of the molecule is CCCn1c(CN2CCc3nc(-c4ccc(N)cc4)ncc3C2)nc2ccccc21. The molecule has 4 aromatic rings. The van der Waals surface area contributed by atoms with Crippen LogP contribution in [-0.2, 0) is 26.1 Å². The molecule has 0 radical (unpaired) electrons. The number of benzene rings is 2. The number of rotatable bonds is 5. The molecule has 30 heavy (non-hydrogen) atoms. The van der Waals surface area contributed by atoms with E-state index in [-0.39, 0.29) is 0 Å². The minimum absolute atomic E-state index is 0.751. The zero-order chi connectivity index (χ0) is 20.5. The second-order valence-electron chi connectivity index (χ2n) is 7.92. The number of hydrogen-bond acceptors (Lipinski definition) is 5. The molecule has 0 bridgehead atoms. The summed E-state index contributed by atoms with van der Waals surface area (Å²) < 4.78 is 2.37. The fourth-order valence-corrected chi connectivity index (χ4v) is 4.20. The summed E-state index contributed by atoms with van der Waals surface area (Å²) in [7, 11) is 0. The maximum absolute atomic E-state index is 5.80. The molecule has 0 unspecified atom stereocenters. The van der Waals surface area contributed by atoms with Gasteiger partial charge in [-0.15, -0.1) is 0 Å². The van der Waals surface area contributed by atoms with E-state index in [1.165, 1.54) is 11.1 Å². The van der Waals surface area contributed by atoms with Crippen molar-refractivity contribution in [3.8, 4) is 11.4 Å². The third-order valence-electron chi connectivity index (χ3n) is 5.73. The molecule has 2 N–H and O–H groups in total. The van der Waals surface area contributed by atoms with E-state index in [4.69, 9.17) is 15.7 Å². The molecule has 0 spiro atoms. The van der Waals surface area contributed by atoms with Gasteiger partial charge in [-0.2, -0.15) is 0 Å². The Bertz CT molecular complexity index is 1180. The number of nitrogens with zero attached hydrogens (tertiary/aromatic N) is 5. The average molecular weight is 399 g/mol. The molecule has 0 saturated carbocycles. The van der Waals surface area contributed by atoms with Crippen LogP contribution in [0.15, 0.2) is 54.7 Å². The van der Waals surface area contributed by atoms with Gasteiger partial charge in [-0.05, 0) is 42.8 Å². The van der Waals surface area contributed by atoms with E-state index in [0.717, 1.165) is 73.1 Å². The third-order valence-corrected chi connectivity index (χ3v) is 5.73. The highest BCUT2D eigenvalue weighted by Crippen LogP contribution is 2.24. The van der Waals surface area contributed by atoms with Gasteiger partial charge in [0.15, 0.2) is 5.82 Å². The van der Waals surface area contributed by atoms with Crippen LogP contribution in [0.1, 0.15) is 30.4 Å². The molecule has 6 heteroatoms. The lowest BCUT2D eigenvalue weighted by Gasteiger charge is -2.28. The lowest BCUT2D eigenvalue weighted by Crippen LogP contribution is -2.32. The van der Waals surface area contributed by atoms with Crippen molar-refractivity contribution in [2.45, 2.75) is 39.4 Å². The number of nitrogen functional groups attached to an aromatic ring is 1. The Morgan fingerprint density at radius 3 is 2.70 bits per heavy atom. The Kier molecular flexibility index (Phi) is 4.93. The molecular weight excluding hydrogens is 372 g/mol. The van der Waals surface area contributed by atoms with Crippen LogP contribution in [0.3, 0.4) is 0 Å². The van der Waals surface area contributed by atoms with Crippen LogP contribution in [0.4, 0.5) is 5.69 Å². The number of para-hydroxylation sites is 2. The van der Waals surface area contributed by atoms with E-state index in [2.05, 4.69) is 45.6 Å². The van der Waals surface area contributed by atoms with Crippen LogP contribution < -0.4 is 5.73 Å². The van der Waals surface area contributed by atoms with Crippen molar-refractivity contribution in [1.29, 1.82) is 0 Å². The maximum atomic E-state index is 5.80. The number of nitrogens with two attached hydrogens (primary N) is 1. The van der Waals surface area contributed by atoms with Crippen molar-refractivity contribution in [3.63, 3.8) is 0 Å². The summed E-state index contributed by atoms with van der Waals surface area (Å²) in [6, 6.07) is 16.2. The first-order valence-corrected chi connectivity index (χ1v) is 10.6. The molecule has 0 atom stereocenters. The lowest BCUT2D eigenvalue weighted by atomic mass is 10.1. The number of aryl methyl sites for hydroxylation is 1. The highest BCUT2D eigenvalue weighted by atomic mass is 15.2. The molecule has 5 rings (SSSR count). The van der Waals surface area contributed by atoms with Gasteiger partial charge < -0.3 is 10.3 Å². The zero-order valence-corrected chi connectivity index (χ0v) is 17.3. The fraction of sp³-hybridized carbons (Fsp3) is 0.292. The van der Waals surface area contributed by atoms with Crippen molar-refractivity contribution in [2.24, 2.45) is 0 Å². The van der Waals surface area contributed by atoms with Gasteiger partial charge in [0.25, 0.3) is 0 Å². The lowest BCUT2D eigenvalue weighted by molar-refractivity contribution is 0.234. The minimum atomic E-state index is 0.751. The minimum Gasteiger partial charge on any atom is -0.399 e. The van der Waals surface area contributed by atoms with Crippen molar-refractivity contribution < 1.29 is 0 Å². The molecule has 152 valence electrons. The Morgan fingerprint density at radius 2 is 1.87 bits per heavy atom. The van der Waals surface area contributed by atoms with Crippen molar-refractivity contribution in [3.05, 3.63) is 71.8 Å². The van der Waals surface area contributed by atoms with E-state index >= 15 is 0 Å². The molecular formula is C24H26N6. The van der Waals surface area contributed by atoms with Crippen molar-refractivity contribution in [1.82, 2.24) is 24.4 Å². The Balaban J connectivity index is 1.37. The molecule has 2 aromatic carbocycles. The van der Waals surface area contributed by atoms with Crippen LogP contribution in [0, 0.1) is 0 Å². The summed E-state index contributed by atoms with van der Waals surface area (Å²) in [5.74, 6) is 1.91. The summed E-state index contributed by atoms with van der Waals surface area (Å²) in [5.41, 5.74) is 12.2. The first-order chi connectivity index (χ1) is 14.7. The van der Waals surface area contributed by atoms with E-state index in [1.807, 2.05) is 30.5 Å². The summed E-state index contributed by atoms with van der Waals surface area (Å²) in [5, 5.41) is 0. The van der Waals surface area contributed by atoms with Gasteiger partial charge in [0.1, 0.15) is 5.82 Å². The smallest absolute Gasteiger partial charge is 0.159 e. The molecule has 3 heterocycles. The molecule has 1 aliphatic rings. The second-order valence-corrected chi connectivity index (χ2v) is 7.92. The fourth-order valence-electron chi connectivity index (χ4n) is 4.20. The van der Waals surface area contributed by atoms with E-state index < -0.39 is 0 Å². The van der Waals surface area contributed by atoms with Crippen LogP contribution in [0.2, 0.25) is 0 Å². The predicted octanol–water partition coefficient (Wildman–Crippen LogP) is 4.04. The predicted molar refractivity (Wildman–Crippen MR) is 120 cm³/mol. The maximum Gasteiger partial charge on any atom is 0.159 e. The quantitative estimate of drug-likeness (QED) is 0.514. The van der Waals surface area contributed by atoms with Gasteiger partial charge in [-0.1, -0.05) is 19.1 Å². The Morgan fingerprint density at radius 1 is 1.03 bits per heavy atom. The third kappa shape index (κ3) is 3.55. The van der Waals surface area contributed by atoms with Gasteiger partial charge >= 0.3 is 0 Å². The first-order valence-electron chi connectivity index (χ1n) is 10.6. The number of anilines is 1. The highest BCUT2D eigenvalue weighted by Gasteiger charge is 2.21. The topological polar surface area (TPSA) is 72.9 Å². The van der Waals surface area contributed by atoms with E-state index in [0.29, 0.717) is 0 Å². The van der Waals surface area contributed by atoms with Gasteiger partial charge in [-0.3, -0.25) is 4.90 Å². The molecule has 0 amide bonds. The zero-order valence-electron chi connectivity index (χ0n) is 17.3. The summed E-state index contributed by atoms with van der Waals surface area (Å²) >= 11 is 0. The standard InChI is InChI=1S/C24H26N6/c1-2-12-30-22-6-4-3-5-21(22)27-23(30)16-29-13-11-20-18(15-29)14-26-24(28-20)17-7-9-19(25)10-8-17/h3-10,14H,2,11-13,15-16,25H2,1H3. The molecule has 1 aliphatic heterocycles. The van der Waals surface area contributed by atoms with Gasteiger partial charge in [0, 0.05) is 49.1 Å². The van der Waals surface area contributed by atoms with Crippen LogP contribution >= 0.6 is 0 Å². The number of hydrogen-bond donors (Lipinski definition) is 1. The van der Waals surface area contributed by atoms with Crippen LogP contribution in [0.5, 0.6) is 0 Å². The number of fused-ring (bicyclic) bond motifs is 2. The average Bonchev–Trinajstić information content (AvgIpc) is 3.11. The normalized spacial score (nSPS) is 14.2. The largest absolute Gasteiger partial charge is 0.399 e. The van der Waals surface area contributed by atoms with Gasteiger partial charge in [0.2, 0.25) is 0 Å². The molecule has 0 fully saturated rings. The number of imidazole rings is 1.